The molecule has 0 saturated carbocycles. The molecule has 1 fully saturated rings. The second-order valence-electron chi connectivity index (χ2n) is 13.0. The molecule has 1 aromatic carbocycles. The lowest BCUT2D eigenvalue weighted by Crippen LogP contribution is -2.59. The molecule has 1 saturated heterocycles. The summed E-state index contributed by atoms with van der Waals surface area (Å²) in [5.41, 5.74) is 0.829. The van der Waals surface area contributed by atoms with Crippen LogP contribution in [-0.2, 0) is 30.4 Å². The Kier molecular flexibility index (Phi) is 13.0. The average Bonchev–Trinajstić information content (AvgIpc) is 2.89. The minimum Gasteiger partial charge on any atom is -0.342 e. The first-order valence-corrected chi connectivity index (χ1v) is 15.1. The fraction of sp³-hybridized carbons (Fsp3) is 0.656. The fourth-order valence-corrected chi connectivity index (χ4v) is 5.34. The van der Waals surface area contributed by atoms with Crippen molar-refractivity contribution in [1.82, 2.24) is 26.2 Å². The summed E-state index contributed by atoms with van der Waals surface area (Å²) < 4.78 is 0. The predicted molar refractivity (Wildman–Crippen MR) is 163 cm³/mol. The van der Waals surface area contributed by atoms with Gasteiger partial charge in [0.2, 0.25) is 29.5 Å². The quantitative estimate of drug-likeness (QED) is 0.372. The van der Waals surface area contributed by atoms with Gasteiger partial charge in [-0.15, -0.1) is 0 Å². The topological polar surface area (TPSA) is 137 Å². The van der Waals surface area contributed by atoms with Crippen molar-refractivity contribution in [2.75, 3.05) is 7.05 Å². The highest BCUT2D eigenvalue weighted by atomic mass is 16.2. The van der Waals surface area contributed by atoms with Gasteiger partial charge in [-0.2, -0.15) is 0 Å². The number of likely N-dealkylation sites (N-methyl/N-ethyl adjacent to an activating group) is 1. The van der Waals surface area contributed by atoms with Crippen LogP contribution >= 0.6 is 0 Å². The van der Waals surface area contributed by atoms with Gasteiger partial charge in [0.05, 0.1) is 0 Å². The highest BCUT2D eigenvalue weighted by molar-refractivity contribution is 5.98. The van der Waals surface area contributed by atoms with Crippen LogP contribution in [0.4, 0.5) is 0 Å². The van der Waals surface area contributed by atoms with Gasteiger partial charge >= 0.3 is 0 Å². The highest BCUT2D eigenvalue weighted by Gasteiger charge is 2.38. The Morgan fingerprint density at radius 2 is 1.12 bits per heavy atom. The molecule has 1 aromatic rings. The Morgan fingerprint density at radius 1 is 0.619 bits per heavy atom. The molecule has 234 valence electrons. The number of carbonyl (C=O) groups is 5. The van der Waals surface area contributed by atoms with E-state index >= 15 is 0 Å². The van der Waals surface area contributed by atoms with E-state index in [-0.39, 0.29) is 30.1 Å². The monoisotopic (exact) mass is 585 g/mol. The molecule has 5 atom stereocenters. The van der Waals surface area contributed by atoms with Gasteiger partial charge in [0, 0.05) is 13.5 Å². The van der Waals surface area contributed by atoms with E-state index in [4.69, 9.17) is 0 Å². The normalized spacial score (nSPS) is 25.2. The first kappa shape index (κ1) is 34.8. The number of rotatable bonds is 8. The average molecular weight is 586 g/mol. The lowest BCUT2D eigenvalue weighted by molar-refractivity contribution is -0.144. The number of benzene rings is 1. The van der Waals surface area contributed by atoms with Gasteiger partial charge in [0.25, 0.3) is 0 Å². The summed E-state index contributed by atoms with van der Waals surface area (Å²) in [6.07, 6.45) is 0.885. The van der Waals surface area contributed by atoms with Crippen molar-refractivity contribution in [3.8, 4) is 0 Å². The fourth-order valence-electron chi connectivity index (χ4n) is 5.34. The van der Waals surface area contributed by atoms with E-state index in [9.17, 15) is 24.0 Å². The number of hydrogen-bond donors (Lipinski definition) is 4. The highest BCUT2D eigenvalue weighted by Crippen LogP contribution is 2.17. The molecule has 4 N–H and O–H groups in total. The molecule has 42 heavy (non-hydrogen) atoms. The third-order valence-electron chi connectivity index (χ3n) is 7.49. The van der Waals surface area contributed by atoms with Crippen molar-refractivity contribution < 1.29 is 24.0 Å². The van der Waals surface area contributed by atoms with Crippen LogP contribution in [0.15, 0.2) is 30.3 Å². The van der Waals surface area contributed by atoms with Crippen molar-refractivity contribution in [3.63, 3.8) is 0 Å². The molecule has 1 aliphatic rings. The molecule has 1 aliphatic heterocycles. The van der Waals surface area contributed by atoms with Crippen LogP contribution in [0, 0.1) is 23.7 Å². The zero-order valence-electron chi connectivity index (χ0n) is 26.7. The Hall–Kier alpha value is -3.43. The predicted octanol–water partition coefficient (Wildman–Crippen LogP) is 2.41. The van der Waals surface area contributed by atoms with Crippen molar-refractivity contribution in [2.45, 2.75) is 105 Å². The first-order valence-electron chi connectivity index (χ1n) is 15.1. The van der Waals surface area contributed by atoms with Crippen molar-refractivity contribution >= 4 is 29.5 Å². The second kappa shape index (κ2) is 15.7. The van der Waals surface area contributed by atoms with E-state index < -0.39 is 59.7 Å². The summed E-state index contributed by atoms with van der Waals surface area (Å²) in [5, 5.41) is 11.4. The summed E-state index contributed by atoms with van der Waals surface area (Å²) in [7, 11) is 1.55. The van der Waals surface area contributed by atoms with E-state index in [2.05, 4.69) is 21.3 Å². The van der Waals surface area contributed by atoms with E-state index in [0.29, 0.717) is 12.8 Å². The molecule has 5 amide bonds. The Morgan fingerprint density at radius 3 is 1.64 bits per heavy atom. The Bertz CT molecular complexity index is 1090. The van der Waals surface area contributed by atoms with Crippen LogP contribution in [0.25, 0.3) is 0 Å². The van der Waals surface area contributed by atoms with Gasteiger partial charge in [-0.1, -0.05) is 85.7 Å². The van der Waals surface area contributed by atoms with Gasteiger partial charge in [-0.3, -0.25) is 24.0 Å². The maximum atomic E-state index is 13.8. The molecule has 0 bridgehead atoms. The number of carbonyl (C=O) groups excluding carboxylic acids is 5. The number of nitrogens with zero attached hydrogens (tertiary/aromatic N) is 1. The molecule has 0 aromatic heterocycles. The number of nitrogens with one attached hydrogen (secondary N) is 4. The smallest absolute Gasteiger partial charge is 0.245 e. The summed E-state index contributed by atoms with van der Waals surface area (Å²) in [5.74, 6) is -2.82. The van der Waals surface area contributed by atoms with Crippen LogP contribution < -0.4 is 21.3 Å². The van der Waals surface area contributed by atoms with Crippen molar-refractivity contribution in [1.29, 1.82) is 0 Å². The van der Waals surface area contributed by atoms with Crippen LogP contribution in [0.5, 0.6) is 0 Å². The molecule has 0 unspecified atom stereocenters. The van der Waals surface area contributed by atoms with Crippen molar-refractivity contribution in [3.05, 3.63) is 35.9 Å². The van der Waals surface area contributed by atoms with Crippen LogP contribution in [0.1, 0.15) is 73.8 Å². The molecule has 10 nitrogen and oxygen atoms in total. The van der Waals surface area contributed by atoms with Gasteiger partial charge in [0.1, 0.15) is 30.2 Å². The molecular weight excluding hydrogens is 534 g/mol. The van der Waals surface area contributed by atoms with Gasteiger partial charge in [0.15, 0.2) is 0 Å². The third kappa shape index (κ3) is 9.84. The lowest BCUT2D eigenvalue weighted by Gasteiger charge is -2.35. The molecular formula is C32H51N5O5. The molecule has 2 rings (SSSR count). The summed E-state index contributed by atoms with van der Waals surface area (Å²) in [6.45, 7) is 15.1. The van der Waals surface area contributed by atoms with E-state index in [1.54, 1.807) is 7.05 Å². The maximum Gasteiger partial charge on any atom is 0.245 e. The standard InChI is InChI=1S/C32H51N5O5/c1-18(2)15-23-28(38)33-24(17-22-13-11-10-12-14-22)29(39)36-26(20(5)6)30(40)35-25(16-19(3)4)32(42)37(9)27(21(7)8)31(41)34-23/h10-14,18-21,23-27H,15-17H2,1-9H3,(H,33,38)(H,34,41)(H,35,40)(H,36,39)/t23-,24-,25-,26-,27-/m1/s1. The van der Waals surface area contributed by atoms with Crippen LogP contribution in [0.3, 0.4) is 0 Å². The number of hydrogen-bond acceptors (Lipinski definition) is 5. The summed E-state index contributed by atoms with van der Waals surface area (Å²) >= 11 is 0. The minimum absolute atomic E-state index is 0.0592. The first-order chi connectivity index (χ1) is 19.6. The van der Waals surface area contributed by atoms with Gasteiger partial charge in [-0.25, -0.2) is 0 Å². The third-order valence-corrected chi connectivity index (χ3v) is 7.49. The summed E-state index contributed by atoms with van der Waals surface area (Å²) in [6, 6.07) is 4.64. The molecule has 0 spiro atoms. The summed E-state index contributed by atoms with van der Waals surface area (Å²) in [4.78, 5) is 69.9. The van der Waals surface area contributed by atoms with E-state index in [1.165, 1.54) is 4.90 Å². The Labute approximate surface area is 251 Å². The Balaban J connectivity index is 2.63. The molecule has 0 aliphatic carbocycles. The minimum atomic E-state index is -0.998. The zero-order valence-corrected chi connectivity index (χ0v) is 26.7. The van der Waals surface area contributed by atoms with Gasteiger partial charge < -0.3 is 26.2 Å². The van der Waals surface area contributed by atoms with Gasteiger partial charge in [-0.05, 0) is 42.1 Å². The zero-order chi connectivity index (χ0) is 31.7. The molecule has 10 heteroatoms. The lowest BCUT2D eigenvalue weighted by atomic mass is 9.96. The van der Waals surface area contributed by atoms with Crippen LogP contribution in [0.2, 0.25) is 0 Å². The van der Waals surface area contributed by atoms with Crippen LogP contribution in [-0.4, -0.2) is 71.7 Å². The van der Waals surface area contributed by atoms with E-state index in [1.807, 2.05) is 85.7 Å². The second-order valence-corrected chi connectivity index (χ2v) is 13.0. The maximum absolute atomic E-state index is 13.8. The van der Waals surface area contributed by atoms with Crippen molar-refractivity contribution in [2.24, 2.45) is 23.7 Å². The molecule has 0 radical (unpaired) electrons. The molecule has 1 heterocycles. The van der Waals surface area contributed by atoms with E-state index in [0.717, 1.165) is 5.56 Å². The largest absolute Gasteiger partial charge is 0.342 e. The SMILES string of the molecule is CC(C)C[C@H]1NC(=O)[C@@H](C(C)C)N(C)C(=O)[C@@H](CC(C)C)NC(=O)[C@@H](C(C)C)NC(=O)[C@@H](Cc2ccccc2)NC1=O. The number of amides is 5.